The van der Waals surface area contributed by atoms with Gasteiger partial charge in [0.15, 0.2) is 5.60 Å². The minimum absolute atomic E-state index is 0.0363. The van der Waals surface area contributed by atoms with Gasteiger partial charge in [-0.1, -0.05) is 26.8 Å². The molecule has 4 nitrogen and oxygen atoms in total. The Kier molecular flexibility index (Phi) is 2.94. The van der Waals surface area contributed by atoms with E-state index < -0.39 is 17.0 Å². The molecule has 138 valence electrons. The van der Waals surface area contributed by atoms with Gasteiger partial charge in [0.05, 0.1) is 6.10 Å². The minimum atomic E-state index is -1.53. The van der Waals surface area contributed by atoms with Crippen LogP contribution in [0.1, 0.15) is 52.9 Å². The molecule has 1 saturated heterocycles. The Balaban J connectivity index is 1.69. The van der Waals surface area contributed by atoms with Crippen molar-refractivity contribution in [1.29, 1.82) is 0 Å². The van der Waals surface area contributed by atoms with E-state index >= 15 is 0 Å². The molecule has 0 aromatic carbocycles. The maximum atomic E-state index is 12.6. The molecule has 2 aliphatic heterocycles. The summed E-state index contributed by atoms with van der Waals surface area (Å²) in [5.41, 5.74) is -2.36. The lowest BCUT2D eigenvalue weighted by Crippen LogP contribution is -2.63. The van der Waals surface area contributed by atoms with E-state index in [0.29, 0.717) is 24.4 Å². The van der Waals surface area contributed by atoms with Crippen LogP contribution in [0.5, 0.6) is 0 Å². The lowest BCUT2D eigenvalue weighted by Gasteiger charge is -2.63. The summed E-state index contributed by atoms with van der Waals surface area (Å²) in [5.74, 6) is 1.04. The Morgan fingerprint density at radius 2 is 1.92 bits per heavy atom. The van der Waals surface area contributed by atoms with Crippen molar-refractivity contribution < 1.29 is 19.7 Å². The second-order valence-electron chi connectivity index (χ2n) is 10.2. The molecule has 1 unspecified atom stereocenters. The van der Waals surface area contributed by atoms with Crippen molar-refractivity contribution in [3.8, 4) is 0 Å². The van der Waals surface area contributed by atoms with Crippen LogP contribution in [0, 0.1) is 39.9 Å². The zero-order valence-corrected chi connectivity index (χ0v) is 15.5. The molecule has 2 spiro atoms. The van der Waals surface area contributed by atoms with Crippen LogP contribution in [0.15, 0.2) is 12.2 Å². The maximum absolute atomic E-state index is 12.6. The van der Waals surface area contributed by atoms with Crippen LogP contribution in [0.3, 0.4) is 0 Å². The van der Waals surface area contributed by atoms with Gasteiger partial charge in [-0.2, -0.15) is 0 Å². The molecule has 4 fully saturated rings. The SMILES string of the molecule is C[C@H]1[C@@H]2CC[C@@H]3[C@]45C=CC(O)(C(=O)OC4)C(C)(C)[C@@H]5CC[C@@]3(C2)[C@H]1O. The quantitative estimate of drug-likeness (QED) is 0.523. The fraction of sp³-hybridized carbons (Fsp3) is 0.857. The van der Waals surface area contributed by atoms with Crippen LogP contribution in [-0.4, -0.2) is 34.5 Å². The molecule has 4 bridgehead atoms. The van der Waals surface area contributed by atoms with Crippen molar-refractivity contribution >= 4 is 5.97 Å². The van der Waals surface area contributed by atoms with Gasteiger partial charge in [0.1, 0.15) is 6.61 Å². The van der Waals surface area contributed by atoms with Crippen molar-refractivity contribution in [1.82, 2.24) is 0 Å². The van der Waals surface area contributed by atoms with Crippen LogP contribution >= 0.6 is 0 Å². The van der Waals surface area contributed by atoms with Gasteiger partial charge in [-0.05, 0) is 61.9 Å². The van der Waals surface area contributed by atoms with Crippen LogP contribution < -0.4 is 0 Å². The van der Waals surface area contributed by atoms with Gasteiger partial charge in [-0.3, -0.25) is 0 Å². The lowest BCUT2D eigenvalue weighted by atomic mass is 9.40. The predicted molar refractivity (Wildman–Crippen MR) is 92.4 cm³/mol. The second kappa shape index (κ2) is 4.51. The van der Waals surface area contributed by atoms with E-state index in [0.717, 1.165) is 32.1 Å². The molecule has 3 saturated carbocycles. The smallest absolute Gasteiger partial charge is 0.342 e. The number of carbonyl (C=O) groups is 1. The molecular formula is C21H30O4. The highest BCUT2D eigenvalue weighted by Crippen LogP contribution is 2.72. The molecule has 2 N–H and O–H groups in total. The maximum Gasteiger partial charge on any atom is 0.342 e. The molecule has 0 aromatic rings. The summed E-state index contributed by atoms with van der Waals surface area (Å²) >= 11 is 0. The zero-order valence-electron chi connectivity index (χ0n) is 15.5. The first-order valence-corrected chi connectivity index (χ1v) is 9.97. The summed E-state index contributed by atoms with van der Waals surface area (Å²) in [6.07, 6.45) is 8.92. The van der Waals surface area contributed by atoms with Gasteiger partial charge >= 0.3 is 5.97 Å². The molecule has 25 heavy (non-hydrogen) atoms. The minimum Gasteiger partial charge on any atom is -0.462 e. The first-order valence-electron chi connectivity index (χ1n) is 9.97. The predicted octanol–water partition coefficient (Wildman–Crippen LogP) is 2.68. The average molecular weight is 346 g/mol. The number of aliphatic hydroxyl groups excluding tert-OH is 1. The third kappa shape index (κ3) is 1.57. The second-order valence-corrected chi connectivity index (χ2v) is 10.2. The Hall–Kier alpha value is -0.870. The Bertz CT molecular complexity index is 669. The Morgan fingerprint density at radius 1 is 1.16 bits per heavy atom. The van der Waals surface area contributed by atoms with Crippen LogP contribution in [0.2, 0.25) is 0 Å². The van der Waals surface area contributed by atoms with Crippen molar-refractivity contribution in [2.45, 2.75) is 64.6 Å². The molecule has 0 radical (unpaired) electrons. The molecule has 4 aliphatic carbocycles. The monoisotopic (exact) mass is 346 g/mol. The number of hydrogen-bond acceptors (Lipinski definition) is 4. The van der Waals surface area contributed by atoms with Crippen molar-refractivity contribution in [3.63, 3.8) is 0 Å². The molecule has 4 heteroatoms. The summed E-state index contributed by atoms with van der Waals surface area (Å²) in [7, 11) is 0. The third-order valence-electron chi connectivity index (χ3n) is 9.44. The van der Waals surface area contributed by atoms with E-state index in [1.54, 1.807) is 6.08 Å². The fourth-order valence-electron chi connectivity index (χ4n) is 8.01. The molecule has 0 aromatic heterocycles. The molecule has 2 heterocycles. The van der Waals surface area contributed by atoms with E-state index in [4.69, 9.17) is 4.74 Å². The molecule has 8 atom stereocenters. The first kappa shape index (κ1) is 16.3. The number of aliphatic hydroxyl groups is 2. The molecule has 6 rings (SSSR count). The largest absolute Gasteiger partial charge is 0.462 e. The Labute approximate surface area is 149 Å². The normalized spacial score (nSPS) is 58.3. The Morgan fingerprint density at radius 3 is 2.68 bits per heavy atom. The van der Waals surface area contributed by atoms with Crippen LogP contribution in [0.25, 0.3) is 0 Å². The van der Waals surface area contributed by atoms with E-state index in [1.807, 2.05) is 13.8 Å². The average Bonchev–Trinajstić information content (AvgIpc) is 2.68. The number of ether oxygens (including phenoxy) is 1. The zero-order chi connectivity index (χ0) is 17.8. The highest BCUT2D eigenvalue weighted by atomic mass is 16.6. The highest BCUT2D eigenvalue weighted by Gasteiger charge is 2.72. The highest BCUT2D eigenvalue weighted by molar-refractivity contribution is 5.84. The summed E-state index contributed by atoms with van der Waals surface area (Å²) in [6, 6.07) is 0. The summed E-state index contributed by atoms with van der Waals surface area (Å²) in [6.45, 7) is 6.62. The summed E-state index contributed by atoms with van der Waals surface area (Å²) < 4.78 is 5.67. The van der Waals surface area contributed by atoms with E-state index in [-0.39, 0.29) is 22.9 Å². The topological polar surface area (TPSA) is 66.8 Å². The summed E-state index contributed by atoms with van der Waals surface area (Å²) in [5, 5.41) is 22.3. The van der Waals surface area contributed by atoms with E-state index in [1.165, 1.54) is 0 Å². The van der Waals surface area contributed by atoms with Crippen molar-refractivity contribution in [2.75, 3.05) is 6.61 Å². The number of carbonyl (C=O) groups excluding carboxylic acids is 1. The van der Waals surface area contributed by atoms with E-state index in [2.05, 4.69) is 13.0 Å². The number of fused-ring (bicyclic) bond motifs is 3. The van der Waals surface area contributed by atoms with Gasteiger partial charge in [0.25, 0.3) is 0 Å². The fourth-order valence-corrected chi connectivity index (χ4v) is 8.01. The van der Waals surface area contributed by atoms with E-state index in [9.17, 15) is 15.0 Å². The van der Waals surface area contributed by atoms with Crippen molar-refractivity contribution in [2.24, 2.45) is 39.9 Å². The van der Waals surface area contributed by atoms with Crippen molar-refractivity contribution in [3.05, 3.63) is 12.2 Å². The van der Waals surface area contributed by atoms with Crippen LogP contribution in [-0.2, 0) is 9.53 Å². The van der Waals surface area contributed by atoms with Gasteiger partial charge in [-0.15, -0.1) is 0 Å². The van der Waals surface area contributed by atoms with Gasteiger partial charge in [0, 0.05) is 16.2 Å². The number of esters is 1. The molecular weight excluding hydrogens is 316 g/mol. The van der Waals surface area contributed by atoms with Gasteiger partial charge in [-0.25, -0.2) is 4.79 Å². The summed E-state index contributed by atoms with van der Waals surface area (Å²) in [4.78, 5) is 12.6. The van der Waals surface area contributed by atoms with Crippen LogP contribution in [0.4, 0.5) is 0 Å². The molecule has 0 amide bonds. The molecule has 6 aliphatic rings. The first-order chi connectivity index (χ1) is 11.7. The van der Waals surface area contributed by atoms with Gasteiger partial charge in [0.2, 0.25) is 0 Å². The lowest BCUT2D eigenvalue weighted by molar-refractivity contribution is -0.175. The van der Waals surface area contributed by atoms with Gasteiger partial charge < -0.3 is 14.9 Å². The third-order valence-corrected chi connectivity index (χ3v) is 9.44. The number of hydrogen-bond donors (Lipinski definition) is 2. The number of rotatable bonds is 0. The standard InChI is InChI=1S/C21H30O4/c1-12-13-4-5-15-19(10-13,16(12)22)7-6-14-18(2,3)21(24)9-8-20(14,15)11-25-17(21)23/h8-9,12-16,22,24H,4-7,10-11H2,1-3H3/t12-,13+,14-,15-,16-,19-,20+,21?/m0/s1.